The number of hydrogen-bond acceptors (Lipinski definition) is 3. The summed E-state index contributed by atoms with van der Waals surface area (Å²) in [4.78, 5) is 12.2. The maximum absolute atomic E-state index is 12.2. The van der Waals surface area contributed by atoms with Gasteiger partial charge in [0.1, 0.15) is 6.04 Å². The minimum Gasteiger partial charge on any atom is -0.351 e. The van der Waals surface area contributed by atoms with E-state index in [9.17, 15) is 4.79 Å². The molecule has 1 aromatic carbocycles. The highest BCUT2D eigenvalue weighted by molar-refractivity contribution is 8.00. The zero-order valence-corrected chi connectivity index (χ0v) is 13.0. The van der Waals surface area contributed by atoms with Crippen molar-refractivity contribution in [1.29, 1.82) is 0 Å². The number of hydrogen-bond donors (Lipinski definition) is 2. The SMILES string of the molecule is Cc1cccc(Cl)c1CNC(=O)[C@H]1NCSC1(C)C. The van der Waals surface area contributed by atoms with Crippen molar-refractivity contribution in [3.63, 3.8) is 0 Å². The molecule has 3 nitrogen and oxygen atoms in total. The molecule has 1 saturated heterocycles. The maximum atomic E-state index is 12.2. The average Bonchev–Trinajstić information content (AvgIpc) is 2.68. The molecule has 5 heteroatoms. The van der Waals surface area contributed by atoms with E-state index in [1.165, 1.54) is 0 Å². The Morgan fingerprint density at radius 2 is 2.32 bits per heavy atom. The van der Waals surface area contributed by atoms with Crippen molar-refractivity contribution in [1.82, 2.24) is 10.6 Å². The number of amides is 1. The van der Waals surface area contributed by atoms with E-state index >= 15 is 0 Å². The second kappa shape index (κ2) is 5.73. The Bertz CT molecular complexity index is 470. The van der Waals surface area contributed by atoms with Crippen LogP contribution in [0.1, 0.15) is 25.0 Å². The van der Waals surface area contributed by atoms with Crippen molar-refractivity contribution in [3.8, 4) is 0 Å². The van der Waals surface area contributed by atoms with Crippen LogP contribution in [0, 0.1) is 6.92 Å². The number of nitrogens with one attached hydrogen (secondary N) is 2. The molecule has 2 N–H and O–H groups in total. The van der Waals surface area contributed by atoms with E-state index in [1.807, 2.05) is 25.1 Å². The highest BCUT2D eigenvalue weighted by atomic mass is 35.5. The number of aryl methyl sites for hydroxylation is 1. The average molecular weight is 299 g/mol. The molecular weight excluding hydrogens is 280 g/mol. The van der Waals surface area contributed by atoms with E-state index in [0.717, 1.165) is 17.0 Å². The molecule has 0 aliphatic carbocycles. The Morgan fingerprint density at radius 1 is 1.58 bits per heavy atom. The van der Waals surface area contributed by atoms with Gasteiger partial charge < -0.3 is 5.32 Å². The molecule has 1 heterocycles. The van der Waals surface area contributed by atoms with Crippen LogP contribution in [0.3, 0.4) is 0 Å². The van der Waals surface area contributed by atoms with Gasteiger partial charge in [0, 0.05) is 22.2 Å². The number of halogens is 1. The van der Waals surface area contributed by atoms with Crippen LogP contribution in [0.15, 0.2) is 18.2 Å². The van der Waals surface area contributed by atoms with Gasteiger partial charge in [-0.05, 0) is 38.0 Å². The molecule has 104 valence electrons. The lowest BCUT2D eigenvalue weighted by atomic mass is 10.0. The molecule has 0 bridgehead atoms. The molecule has 1 atom stereocenters. The fourth-order valence-electron chi connectivity index (χ4n) is 2.22. The summed E-state index contributed by atoms with van der Waals surface area (Å²) in [5.41, 5.74) is 2.08. The van der Waals surface area contributed by atoms with Gasteiger partial charge in [-0.25, -0.2) is 0 Å². The first-order valence-electron chi connectivity index (χ1n) is 6.31. The van der Waals surface area contributed by atoms with Gasteiger partial charge in [-0.1, -0.05) is 23.7 Å². The lowest BCUT2D eigenvalue weighted by molar-refractivity contribution is -0.123. The lowest BCUT2D eigenvalue weighted by Crippen LogP contribution is -2.49. The van der Waals surface area contributed by atoms with Crippen LogP contribution >= 0.6 is 23.4 Å². The van der Waals surface area contributed by atoms with Gasteiger partial charge in [0.05, 0.1) is 0 Å². The molecule has 1 fully saturated rings. The van der Waals surface area contributed by atoms with E-state index in [-0.39, 0.29) is 16.7 Å². The van der Waals surface area contributed by atoms with Gasteiger partial charge in [0.2, 0.25) is 5.91 Å². The maximum Gasteiger partial charge on any atom is 0.238 e. The third kappa shape index (κ3) is 3.25. The molecule has 1 aromatic rings. The largest absolute Gasteiger partial charge is 0.351 e. The molecule has 0 aromatic heterocycles. The number of benzene rings is 1. The van der Waals surface area contributed by atoms with E-state index in [1.54, 1.807) is 11.8 Å². The standard InChI is InChI=1S/C14H19ClN2OS/c1-9-5-4-6-11(15)10(9)7-16-13(18)12-14(2,3)19-8-17-12/h4-6,12,17H,7-8H2,1-3H3,(H,16,18)/t12-/m1/s1. The van der Waals surface area contributed by atoms with Crippen molar-refractivity contribution in [3.05, 3.63) is 34.3 Å². The van der Waals surface area contributed by atoms with Crippen LogP contribution in [-0.2, 0) is 11.3 Å². The summed E-state index contributed by atoms with van der Waals surface area (Å²) in [5.74, 6) is 0.852. The Labute approximate surface area is 123 Å². The molecule has 0 spiro atoms. The highest BCUT2D eigenvalue weighted by Crippen LogP contribution is 2.33. The topological polar surface area (TPSA) is 41.1 Å². The van der Waals surface area contributed by atoms with Gasteiger partial charge in [0.15, 0.2) is 0 Å². The molecule has 0 saturated carbocycles. The molecular formula is C14H19ClN2OS. The second-order valence-corrected chi connectivity index (χ2v) is 7.32. The molecule has 0 unspecified atom stereocenters. The summed E-state index contributed by atoms with van der Waals surface area (Å²) in [6, 6.07) is 5.62. The summed E-state index contributed by atoms with van der Waals surface area (Å²) >= 11 is 7.92. The summed E-state index contributed by atoms with van der Waals surface area (Å²) in [7, 11) is 0. The van der Waals surface area contributed by atoms with Gasteiger partial charge in [-0.3, -0.25) is 10.1 Å². The zero-order chi connectivity index (χ0) is 14.0. The Kier molecular flexibility index (Phi) is 4.43. The summed E-state index contributed by atoms with van der Waals surface area (Å²) < 4.78 is -0.0698. The van der Waals surface area contributed by atoms with Crippen molar-refractivity contribution < 1.29 is 4.79 Å². The zero-order valence-electron chi connectivity index (χ0n) is 11.4. The number of carbonyl (C=O) groups excluding carboxylic acids is 1. The number of rotatable bonds is 3. The summed E-state index contributed by atoms with van der Waals surface area (Å²) in [5, 5.41) is 6.91. The van der Waals surface area contributed by atoms with Crippen LogP contribution in [0.4, 0.5) is 0 Å². The second-order valence-electron chi connectivity index (χ2n) is 5.28. The minimum absolute atomic E-state index is 0.0364. The quantitative estimate of drug-likeness (QED) is 0.901. The van der Waals surface area contributed by atoms with E-state index in [4.69, 9.17) is 11.6 Å². The van der Waals surface area contributed by atoms with Gasteiger partial charge >= 0.3 is 0 Å². The van der Waals surface area contributed by atoms with Crippen LogP contribution in [0.5, 0.6) is 0 Å². The monoisotopic (exact) mass is 298 g/mol. The number of thioether (sulfide) groups is 1. The minimum atomic E-state index is -0.153. The van der Waals surface area contributed by atoms with E-state index < -0.39 is 0 Å². The number of carbonyl (C=O) groups is 1. The van der Waals surface area contributed by atoms with E-state index in [0.29, 0.717) is 11.6 Å². The van der Waals surface area contributed by atoms with Crippen LogP contribution in [0.25, 0.3) is 0 Å². The first kappa shape index (κ1) is 14.7. The molecule has 19 heavy (non-hydrogen) atoms. The molecule has 0 radical (unpaired) electrons. The fourth-order valence-corrected chi connectivity index (χ4v) is 3.48. The first-order valence-corrected chi connectivity index (χ1v) is 7.67. The predicted octanol–water partition coefficient (Wildman–Crippen LogP) is 2.71. The van der Waals surface area contributed by atoms with Crippen molar-refractivity contribution >= 4 is 29.3 Å². The van der Waals surface area contributed by atoms with Crippen molar-refractivity contribution in [2.45, 2.75) is 38.1 Å². The van der Waals surface area contributed by atoms with Crippen molar-refractivity contribution in [2.75, 3.05) is 5.88 Å². The molecule has 2 rings (SSSR count). The van der Waals surface area contributed by atoms with Crippen LogP contribution < -0.4 is 10.6 Å². The highest BCUT2D eigenvalue weighted by Gasteiger charge is 2.39. The van der Waals surface area contributed by atoms with Crippen LogP contribution in [0.2, 0.25) is 5.02 Å². The Morgan fingerprint density at radius 3 is 2.89 bits per heavy atom. The lowest BCUT2D eigenvalue weighted by Gasteiger charge is -2.24. The van der Waals surface area contributed by atoms with Gasteiger partial charge in [-0.15, -0.1) is 11.8 Å². The molecule has 1 aliphatic heterocycles. The molecule has 1 amide bonds. The Balaban J connectivity index is 2.01. The predicted molar refractivity (Wildman–Crippen MR) is 81.5 cm³/mol. The van der Waals surface area contributed by atoms with Crippen LogP contribution in [-0.4, -0.2) is 22.6 Å². The van der Waals surface area contributed by atoms with E-state index in [2.05, 4.69) is 24.5 Å². The third-order valence-corrected chi connectivity index (χ3v) is 5.13. The van der Waals surface area contributed by atoms with Crippen molar-refractivity contribution in [2.24, 2.45) is 0 Å². The summed E-state index contributed by atoms with van der Waals surface area (Å²) in [6.07, 6.45) is 0. The molecule has 1 aliphatic rings. The summed E-state index contributed by atoms with van der Waals surface area (Å²) in [6.45, 7) is 6.65. The first-order chi connectivity index (χ1) is 8.92. The smallest absolute Gasteiger partial charge is 0.238 e. The normalized spacial score (nSPS) is 21.4. The Hall–Kier alpha value is -0.710. The third-order valence-electron chi connectivity index (χ3n) is 3.48. The van der Waals surface area contributed by atoms with Gasteiger partial charge in [0.25, 0.3) is 0 Å². The van der Waals surface area contributed by atoms with Gasteiger partial charge in [-0.2, -0.15) is 0 Å². The fraction of sp³-hybridized carbons (Fsp3) is 0.500.